The molecule has 4 heteroatoms. The summed E-state index contributed by atoms with van der Waals surface area (Å²) in [5, 5.41) is 6.42. The summed E-state index contributed by atoms with van der Waals surface area (Å²) in [7, 11) is 0. The largest absolute Gasteiger partial charge is 0.377 e. The first-order valence-electron chi connectivity index (χ1n) is 9.45. The quantitative estimate of drug-likeness (QED) is 0.701. The monoisotopic (exact) mass is 349 g/mol. The molecule has 0 bridgehead atoms. The lowest BCUT2D eigenvalue weighted by Gasteiger charge is -2.16. The third kappa shape index (κ3) is 5.19. The Kier molecular flexibility index (Phi) is 6.42. The molecule has 0 aliphatic heterocycles. The standard InChI is InChI=1S/C22H27N3O/c1-17(19-10-6-3-7-11-19)25-21-14-20(15-23-16-21)22(26)24-13-12-18-8-4-2-5-9-18/h3,6-8,10-11,14-17,25H,2,4-5,9,12-13H2,1H3,(H,24,26). The minimum absolute atomic E-state index is 0.0649. The van der Waals surface area contributed by atoms with Crippen molar-refractivity contribution in [2.45, 2.75) is 45.1 Å². The van der Waals surface area contributed by atoms with Gasteiger partial charge in [-0.15, -0.1) is 0 Å². The van der Waals surface area contributed by atoms with E-state index >= 15 is 0 Å². The van der Waals surface area contributed by atoms with Crippen molar-refractivity contribution in [1.82, 2.24) is 10.3 Å². The lowest BCUT2D eigenvalue weighted by molar-refractivity contribution is 0.0953. The van der Waals surface area contributed by atoms with E-state index in [-0.39, 0.29) is 11.9 Å². The maximum absolute atomic E-state index is 12.4. The number of nitrogens with zero attached hydrogens (tertiary/aromatic N) is 1. The zero-order valence-electron chi connectivity index (χ0n) is 15.4. The third-order valence-corrected chi connectivity index (χ3v) is 4.80. The van der Waals surface area contributed by atoms with Crippen LogP contribution >= 0.6 is 0 Å². The van der Waals surface area contributed by atoms with Crippen LogP contribution in [0.1, 0.15) is 61.0 Å². The molecular formula is C22H27N3O. The van der Waals surface area contributed by atoms with Gasteiger partial charge in [0.1, 0.15) is 0 Å². The molecule has 1 aliphatic rings. The van der Waals surface area contributed by atoms with Crippen LogP contribution in [-0.2, 0) is 0 Å². The van der Waals surface area contributed by atoms with Crippen LogP contribution in [0.15, 0.2) is 60.4 Å². The zero-order chi connectivity index (χ0) is 18.2. The number of rotatable bonds is 7. The highest BCUT2D eigenvalue weighted by atomic mass is 16.1. The molecule has 0 saturated carbocycles. The fraction of sp³-hybridized carbons (Fsp3) is 0.364. The van der Waals surface area contributed by atoms with Crippen molar-refractivity contribution in [3.8, 4) is 0 Å². The van der Waals surface area contributed by atoms with Crippen molar-refractivity contribution in [1.29, 1.82) is 0 Å². The summed E-state index contributed by atoms with van der Waals surface area (Å²) in [5.41, 5.74) is 4.11. The Morgan fingerprint density at radius 3 is 2.81 bits per heavy atom. The molecule has 26 heavy (non-hydrogen) atoms. The van der Waals surface area contributed by atoms with Gasteiger partial charge in [0.25, 0.3) is 5.91 Å². The molecule has 3 rings (SSSR count). The highest BCUT2D eigenvalue weighted by Crippen LogP contribution is 2.20. The van der Waals surface area contributed by atoms with Crippen molar-refractivity contribution in [3.05, 3.63) is 71.6 Å². The Balaban J connectivity index is 1.54. The topological polar surface area (TPSA) is 54.0 Å². The molecule has 4 nitrogen and oxygen atoms in total. The average Bonchev–Trinajstić information content (AvgIpc) is 2.69. The summed E-state index contributed by atoms with van der Waals surface area (Å²) in [6.45, 7) is 2.78. The van der Waals surface area contributed by atoms with Gasteiger partial charge in [-0.1, -0.05) is 42.0 Å². The highest BCUT2D eigenvalue weighted by molar-refractivity contribution is 5.94. The Hall–Kier alpha value is -2.62. The van der Waals surface area contributed by atoms with Gasteiger partial charge < -0.3 is 10.6 Å². The zero-order valence-corrected chi connectivity index (χ0v) is 15.4. The molecule has 2 N–H and O–H groups in total. The molecule has 1 aliphatic carbocycles. The molecule has 1 atom stereocenters. The van der Waals surface area contributed by atoms with E-state index in [2.05, 4.69) is 40.8 Å². The Morgan fingerprint density at radius 2 is 2.04 bits per heavy atom. The van der Waals surface area contributed by atoms with Gasteiger partial charge in [0, 0.05) is 25.0 Å². The number of nitrogens with one attached hydrogen (secondary N) is 2. The fourth-order valence-electron chi connectivity index (χ4n) is 3.29. The van der Waals surface area contributed by atoms with Crippen LogP contribution in [0.3, 0.4) is 0 Å². The molecule has 0 fully saturated rings. The molecular weight excluding hydrogens is 322 g/mol. The second kappa shape index (κ2) is 9.18. The highest BCUT2D eigenvalue weighted by Gasteiger charge is 2.10. The van der Waals surface area contributed by atoms with E-state index in [0.717, 1.165) is 12.1 Å². The smallest absolute Gasteiger partial charge is 0.252 e. The molecule has 1 unspecified atom stereocenters. The number of hydrogen-bond acceptors (Lipinski definition) is 3. The SMILES string of the molecule is CC(Nc1cncc(C(=O)NCCC2=CCCCC2)c1)c1ccccc1. The minimum atomic E-state index is -0.0649. The summed E-state index contributed by atoms with van der Waals surface area (Å²) >= 11 is 0. The lowest BCUT2D eigenvalue weighted by Crippen LogP contribution is -2.25. The van der Waals surface area contributed by atoms with Gasteiger partial charge in [0.15, 0.2) is 0 Å². The first-order valence-corrected chi connectivity index (χ1v) is 9.45. The second-order valence-electron chi connectivity index (χ2n) is 6.85. The van der Waals surface area contributed by atoms with Crippen LogP contribution in [0.4, 0.5) is 5.69 Å². The Labute approximate surface area is 155 Å². The summed E-state index contributed by atoms with van der Waals surface area (Å²) in [6, 6.07) is 12.2. The number of amides is 1. The van der Waals surface area contributed by atoms with Crippen LogP contribution in [0.5, 0.6) is 0 Å². The van der Waals surface area contributed by atoms with Crippen LogP contribution in [0.2, 0.25) is 0 Å². The predicted molar refractivity (Wildman–Crippen MR) is 106 cm³/mol. The van der Waals surface area contributed by atoms with Crippen LogP contribution < -0.4 is 10.6 Å². The number of pyridine rings is 1. The Bertz CT molecular complexity index is 755. The van der Waals surface area contributed by atoms with Crippen LogP contribution in [0, 0.1) is 0 Å². The van der Waals surface area contributed by atoms with Gasteiger partial charge >= 0.3 is 0 Å². The van der Waals surface area contributed by atoms with Gasteiger partial charge in [-0.2, -0.15) is 0 Å². The van der Waals surface area contributed by atoms with Crippen LogP contribution in [-0.4, -0.2) is 17.4 Å². The summed E-state index contributed by atoms with van der Waals surface area (Å²) in [4.78, 5) is 16.6. The van der Waals surface area contributed by atoms with Gasteiger partial charge in [0.2, 0.25) is 0 Å². The Morgan fingerprint density at radius 1 is 1.19 bits per heavy atom. The lowest BCUT2D eigenvalue weighted by atomic mass is 9.97. The summed E-state index contributed by atoms with van der Waals surface area (Å²) in [5.74, 6) is -0.0649. The van der Waals surface area contributed by atoms with E-state index in [1.165, 1.54) is 36.8 Å². The van der Waals surface area contributed by atoms with Crippen molar-refractivity contribution in [2.75, 3.05) is 11.9 Å². The number of allylic oxidation sites excluding steroid dienone is 1. The molecule has 0 spiro atoms. The maximum atomic E-state index is 12.4. The molecule has 0 saturated heterocycles. The maximum Gasteiger partial charge on any atom is 0.252 e. The summed E-state index contributed by atoms with van der Waals surface area (Å²) in [6.07, 6.45) is 11.6. The number of anilines is 1. The van der Waals surface area contributed by atoms with E-state index in [1.807, 2.05) is 24.3 Å². The predicted octanol–water partition coefficient (Wildman–Crippen LogP) is 4.88. The average molecular weight is 349 g/mol. The van der Waals surface area contributed by atoms with E-state index in [0.29, 0.717) is 12.1 Å². The number of aromatic nitrogens is 1. The van der Waals surface area contributed by atoms with Crippen molar-refractivity contribution in [2.24, 2.45) is 0 Å². The first-order chi connectivity index (χ1) is 12.7. The molecule has 136 valence electrons. The van der Waals surface area contributed by atoms with Gasteiger partial charge in [-0.05, 0) is 50.7 Å². The fourth-order valence-corrected chi connectivity index (χ4v) is 3.29. The molecule has 1 heterocycles. The second-order valence-corrected chi connectivity index (χ2v) is 6.85. The van der Waals surface area contributed by atoms with E-state index in [4.69, 9.17) is 0 Å². The normalized spacial score (nSPS) is 15.0. The van der Waals surface area contributed by atoms with Gasteiger partial charge in [0.05, 0.1) is 11.3 Å². The number of carbonyl (C=O) groups excluding carboxylic acids is 1. The molecule has 2 aromatic rings. The number of carbonyl (C=O) groups is 1. The van der Waals surface area contributed by atoms with Gasteiger partial charge in [-0.25, -0.2) is 0 Å². The minimum Gasteiger partial charge on any atom is -0.377 e. The molecule has 1 amide bonds. The first kappa shape index (κ1) is 18.2. The molecule has 0 radical (unpaired) electrons. The number of hydrogen-bond donors (Lipinski definition) is 2. The third-order valence-electron chi connectivity index (χ3n) is 4.80. The van der Waals surface area contributed by atoms with E-state index in [1.54, 1.807) is 12.4 Å². The van der Waals surface area contributed by atoms with Crippen molar-refractivity contribution < 1.29 is 4.79 Å². The van der Waals surface area contributed by atoms with Gasteiger partial charge in [-0.3, -0.25) is 9.78 Å². The van der Waals surface area contributed by atoms with E-state index in [9.17, 15) is 4.79 Å². The molecule has 1 aromatic heterocycles. The van der Waals surface area contributed by atoms with Crippen molar-refractivity contribution in [3.63, 3.8) is 0 Å². The van der Waals surface area contributed by atoms with Crippen molar-refractivity contribution >= 4 is 11.6 Å². The van der Waals surface area contributed by atoms with E-state index < -0.39 is 0 Å². The summed E-state index contributed by atoms with van der Waals surface area (Å²) < 4.78 is 0. The van der Waals surface area contributed by atoms with Crippen LogP contribution in [0.25, 0.3) is 0 Å². The molecule has 1 aromatic carbocycles. The number of benzene rings is 1.